The predicted molar refractivity (Wildman–Crippen MR) is 84.7 cm³/mol. The molecule has 24 heavy (non-hydrogen) atoms. The van der Waals surface area contributed by atoms with Gasteiger partial charge in [0.25, 0.3) is 0 Å². The van der Waals surface area contributed by atoms with Crippen molar-refractivity contribution in [2.24, 2.45) is 0 Å². The lowest BCUT2D eigenvalue weighted by Crippen LogP contribution is -2.45. The van der Waals surface area contributed by atoms with Gasteiger partial charge < -0.3 is 5.48 Å². The average molecular weight is 349 g/mol. The van der Waals surface area contributed by atoms with Crippen LogP contribution in [-0.4, -0.2) is 20.4 Å². The third kappa shape index (κ3) is 2.33. The number of hydrogen-bond acceptors (Lipinski definition) is 3. The molecule has 1 atom stereocenters. The number of rotatable bonds is 1. The number of hydrogen-bond donors (Lipinski definition) is 1. The largest absolute Gasteiger partial charge is 0.870 e. The van der Waals surface area contributed by atoms with Gasteiger partial charge in [0.1, 0.15) is 5.15 Å². The van der Waals surface area contributed by atoms with Crippen LogP contribution in [0.15, 0.2) is 41.3 Å². The summed E-state index contributed by atoms with van der Waals surface area (Å²) in [4.78, 5) is 16.7. The van der Waals surface area contributed by atoms with Crippen molar-refractivity contribution in [1.82, 2.24) is 14.9 Å². The van der Waals surface area contributed by atoms with Gasteiger partial charge in [-0.2, -0.15) is 0 Å². The summed E-state index contributed by atoms with van der Waals surface area (Å²) in [6.45, 7) is 1.96. The summed E-state index contributed by atoms with van der Waals surface area (Å²) in [5, 5.41) is 3.31. The van der Waals surface area contributed by atoms with Crippen LogP contribution in [-0.2, 0) is 6.42 Å². The molecule has 2 aromatic heterocycles. The van der Waals surface area contributed by atoms with Crippen LogP contribution >= 0.6 is 11.6 Å². The highest BCUT2D eigenvalue weighted by atomic mass is 35.5. The van der Waals surface area contributed by atoms with Crippen LogP contribution in [0.1, 0.15) is 24.1 Å². The third-order valence-corrected chi connectivity index (χ3v) is 4.34. The Bertz CT molecular complexity index is 965. The van der Waals surface area contributed by atoms with Crippen LogP contribution < -0.4 is 10.2 Å². The Morgan fingerprint density at radius 3 is 2.88 bits per heavy atom. The van der Waals surface area contributed by atoms with Gasteiger partial charge in [0.05, 0.1) is 6.20 Å². The van der Waals surface area contributed by atoms with E-state index in [4.69, 9.17) is 11.6 Å². The predicted octanol–water partition coefficient (Wildman–Crippen LogP) is 2.11. The Morgan fingerprint density at radius 2 is 2.17 bits per heavy atom. The standard InChI is InChI=1S/C16H12ClFN4O.H2O/c1-9-7-10-3-2-4-12(18)15(10)22-14(9)16(23)21(20-22)11-5-6-13(17)19-8-11;/h2-6,8-9H,7H2,1H3;1H2. The molecule has 1 aliphatic heterocycles. The van der Waals surface area contributed by atoms with Gasteiger partial charge in [0.15, 0.2) is 17.2 Å². The van der Waals surface area contributed by atoms with E-state index in [2.05, 4.69) is 10.2 Å². The molecule has 3 heterocycles. The maximum absolute atomic E-state index is 14.3. The van der Waals surface area contributed by atoms with Crippen molar-refractivity contribution >= 4 is 11.6 Å². The summed E-state index contributed by atoms with van der Waals surface area (Å²) >= 11 is 5.79. The molecule has 1 unspecified atom stereocenters. The zero-order valence-electron chi connectivity index (χ0n) is 12.7. The Morgan fingerprint density at radius 1 is 1.38 bits per heavy atom. The lowest BCUT2D eigenvalue weighted by Gasteiger charge is -2.17. The highest BCUT2D eigenvalue weighted by Gasteiger charge is 2.36. The second-order valence-corrected chi connectivity index (χ2v) is 6.04. The summed E-state index contributed by atoms with van der Waals surface area (Å²) < 4.78 is 17.2. The molecule has 3 aromatic rings. The molecule has 4 rings (SSSR count). The normalized spacial score (nSPS) is 15.4. The van der Waals surface area contributed by atoms with E-state index < -0.39 is 0 Å². The van der Waals surface area contributed by atoms with E-state index in [9.17, 15) is 9.18 Å². The van der Waals surface area contributed by atoms with Gasteiger partial charge in [0.2, 0.25) is 5.69 Å². The number of aromatic amines is 1. The Kier molecular flexibility index (Phi) is 3.98. The topological polar surface area (TPSA) is 84.6 Å². The molecule has 124 valence electrons. The van der Waals surface area contributed by atoms with E-state index in [1.807, 2.05) is 13.0 Å². The zero-order chi connectivity index (χ0) is 16.1. The van der Waals surface area contributed by atoms with Gasteiger partial charge in [-0.05, 0) is 24.6 Å². The van der Waals surface area contributed by atoms with Crippen LogP contribution in [0.2, 0.25) is 5.15 Å². The monoisotopic (exact) mass is 348 g/mol. The molecule has 0 spiro atoms. The summed E-state index contributed by atoms with van der Waals surface area (Å²) in [7, 11) is 0. The maximum atomic E-state index is 14.3. The first-order valence-electron chi connectivity index (χ1n) is 7.23. The van der Waals surface area contributed by atoms with E-state index in [1.165, 1.54) is 21.6 Å². The van der Waals surface area contributed by atoms with Gasteiger partial charge in [-0.1, -0.05) is 40.6 Å². The van der Waals surface area contributed by atoms with Crippen LogP contribution in [0.25, 0.3) is 11.4 Å². The molecule has 0 aliphatic carbocycles. The fraction of sp³-hybridized carbons (Fsp3) is 0.188. The summed E-state index contributed by atoms with van der Waals surface area (Å²) in [5.41, 5.74) is 2.13. The molecule has 0 fully saturated rings. The van der Waals surface area contributed by atoms with Crippen molar-refractivity contribution in [1.29, 1.82) is 0 Å². The Balaban J connectivity index is 0.00000169. The van der Waals surface area contributed by atoms with Crippen molar-refractivity contribution < 1.29 is 14.5 Å². The van der Waals surface area contributed by atoms with Gasteiger partial charge in [-0.3, -0.25) is 0 Å². The van der Waals surface area contributed by atoms with Crippen molar-refractivity contribution in [3.8, 4) is 11.4 Å². The average Bonchev–Trinajstić information content (AvgIpc) is 2.86. The molecule has 0 saturated heterocycles. The molecule has 0 saturated carbocycles. The number of nitrogens with one attached hydrogen (secondary N) is 1. The molecule has 6 nitrogen and oxygen atoms in total. The SMILES string of the molecule is CC1Cc2cccc(F)c2-[n+]2[nH]n(-c3ccc(Cl)nc3)c(=O)c21.[OH-]. The van der Waals surface area contributed by atoms with E-state index in [1.54, 1.807) is 18.2 Å². The molecule has 8 heteroatoms. The molecule has 0 bridgehead atoms. The summed E-state index contributed by atoms with van der Waals surface area (Å²) in [5.74, 6) is -0.377. The number of halogens is 2. The number of para-hydroxylation sites is 1. The summed E-state index contributed by atoms with van der Waals surface area (Å²) in [6.07, 6.45) is 2.12. The molecule has 1 aromatic carbocycles. The molecular weight excluding hydrogens is 335 g/mol. The number of nitrogens with zero attached hydrogens (tertiary/aromatic N) is 3. The number of benzene rings is 1. The van der Waals surface area contributed by atoms with Gasteiger partial charge in [0, 0.05) is 11.5 Å². The fourth-order valence-electron chi connectivity index (χ4n) is 3.09. The number of aromatic nitrogens is 4. The fourth-order valence-corrected chi connectivity index (χ4v) is 3.20. The van der Waals surface area contributed by atoms with Crippen LogP contribution in [0.5, 0.6) is 0 Å². The highest BCUT2D eigenvalue weighted by molar-refractivity contribution is 6.29. The van der Waals surface area contributed by atoms with Gasteiger partial charge in [-0.25, -0.2) is 14.2 Å². The molecule has 1 aliphatic rings. The molecule has 0 amide bonds. The van der Waals surface area contributed by atoms with Crippen molar-refractivity contribution in [2.75, 3.05) is 0 Å². The van der Waals surface area contributed by atoms with E-state index in [0.717, 1.165) is 5.56 Å². The highest BCUT2D eigenvalue weighted by Crippen LogP contribution is 2.26. The van der Waals surface area contributed by atoms with E-state index >= 15 is 0 Å². The van der Waals surface area contributed by atoms with Gasteiger partial charge >= 0.3 is 5.56 Å². The van der Waals surface area contributed by atoms with Crippen LogP contribution in [0, 0.1) is 5.82 Å². The maximum Gasteiger partial charge on any atom is 0.402 e. The quantitative estimate of drug-likeness (QED) is 0.540. The lowest BCUT2D eigenvalue weighted by atomic mass is 9.93. The first kappa shape index (κ1) is 16.4. The summed E-state index contributed by atoms with van der Waals surface area (Å²) in [6, 6.07) is 8.25. The van der Waals surface area contributed by atoms with Crippen molar-refractivity contribution in [3.05, 3.63) is 69.1 Å². The minimum absolute atomic E-state index is 0. The van der Waals surface area contributed by atoms with Crippen LogP contribution in [0.4, 0.5) is 4.39 Å². The Labute approximate surface area is 141 Å². The van der Waals surface area contributed by atoms with Crippen LogP contribution in [0.3, 0.4) is 0 Å². The second-order valence-electron chi connectivity index (χ2n) is 5.65. The molecule has 0 radical (unpaired) electrons. The number of H-pyrrole nitrogens is 1. The van der Waals surface area contributed by atoms with Gasteiger partial charge in [-0.15, -0.1) is 4.68 Å². The third-order valence-electron chi connectivity index (χ3n) is 4.12. The second kappa shape index (κ2) is 5.85. The number of pyridine rings is 1. The van der Waals surface area contributed by atoms with E-state index in [0.29, 0.717) is 28.6 Å². The van der Waals surface area contributed by atoms with Crippen molar-refractivity contribution in [3.63, 3.8) is 0 Å². The van der Waals surface area contributed by atoms with Crippen molar-refractivity contribution in [2.45, 2.75) is 19.3 Å². The lowest BCUT2D eigenvalue weighted by molar-refractivity contribution is -0.674. The van der Waals surface area contributed by atoms with E-state index in [-0.39, 0.29) is 22.8 Å². The minimum atomic E-state index is -0.358. The first-order chi connectivity index (χ1) is 11.1. The zero-order valence-corrected chi connectivity index (χ0v) is 13.5. The minimum Gasteiger partial charge on any atom is -0.870 e. The number of fused-ring (bicyclic) bond motifs is 3. The molecule has 2 N–H and O–H groups in total. The smallest absolute Gasteiger partial charge is 0.402 e. The Hall–Kier alpha value is -2.51. The molecular formula is C16H14ClFN4O2. The first-order valence-corrected chi connectivity index (χ1v) is 7.60.